The number of nitrogens with zero attached hydrogens (tertiary/aromatic N) is 5. The van der Waals surface area contributed by atoms with Gasteiger partial charge in [0.25, 0.3) is 0 Å². The number of nitriles is 1. The molecular weight excluding hydrogens is 306 g/mol. The number of benzene rings is 1. The standard InChI is InChI=1S/C17H23N5S/c1-4-21(5-2)15-10-8-14(9-11-15)16-19-20-17(22(16)6-3)23-13-7-12-18/h8-11H,4-7,13H2,1-3H3. The zero-order valence-corrected chi connectivity index (χ0v) is 14.8. The summed E-state index contributed by atoms with van der Waals surface area (Å²) >= 11 is 1.59. The lowest BCUT2D eigenvalue weighted by atomic mass is 10.2. The third-order valence-electron chi connectivity index (χ3n) is 3.73. The average Bonchev–Trinajstić information content (AvgIpc) is 3.00. The Morgan fingerprint density at radius 2 is 1.83 bits per heavy atom. The molecule has 0 amide bonds. The molecule has 5 nitrogen and oxygen atoms in total. The maximum Gasteiger partial charge on any atom is 0.191 e. The number of hydrogen-bond donors (Lipinski definition) is 0. The van der Waals surface area contributed by atoms with E-state index in [0.717, 1.165) is 41.9 Å². The molecule has 23 heavy (non-hydrogen) atoms. The van der Waals surface area contributed by atoms with Gasteiger partial charge in [0.05, 0.1) is 6.07 Å². The molecule has 122 valence electrons. The Morgan fingerprint density at radius 1 is 1.13 bits per heavy atom. The van der Waals surface area contributed by atoms with E-state index in [9.17, 15) is 0 Å². The molecule has 0 spiro atoms. The molecule has 0 bridgehead atoms. The van der Waals surface area contributed by atoms with Crippen molar-refractivity contribution in [2.75, 3.05) is 23.7 Å². The molecule has 0 atom stereocenters. The molecule has 2 rings (SSSR count). The van der Waals surface area contributed by atoms with Gasteiger partial charge in [0.15, 0.2) is 11.0 Å². The molecule has 1 aromatic carbocycles. The smallest absolute Gasteiger partial charge is 0.191 e. The lowest BCUT2D eigenvalue weighted by molar-refractivity contribution is 0.687. The summed E-state index contributed by atoms with van der Waals surface area (Å²) in [4.78, 5) is 2.32. The molecule has 6 heteroatoms. The van der Waals surface area contributed by atoms with E-state index in [1.807, 2.05) is 0 Å². The average molecular weight is 329 g/mol. The summed E-state index contributed by atoms with van der Waals surface area (Å²) in [6.07, 6.45) is 0.523. The first kappa shape index (κ1) is 17.4. The molecule has 0 saturated carbocycles. The third kappa shape index (κ3) is 4.05. The fourth-order valence-corrected chi connectivity index (χ4v) is 3.34. The monoisotopic (exact) mass is 329 g/mol. The number of thioether (sulfide) groups is 1. The van der Waals surface area contributed by atoms with Gasteiger partial charge < -0.3 is 9.47 Å². The first-order valence-electron chi connectivity index (χ1n) is 8.03. The molecule has 0 saturated heterocycles. The van der Waals surface area contributed by atoms with Crippen molar-refractivity contribution < 1.29 is 0 Å². The van der Waals surface area contributed by atoms with Crippen molar-refractivity contribution in [3.63, 3.8) is 0 Å². The molecule has 0 aliphatic heterocycles. The van der Waals surface area contributed by atoms with Crippen molar-refractivity contribution in [1.29, 1.82) is 5.26 Å². The summed E-state index contributed by atoms with van der Waals surface area (Å²) in [6, 6.07) is 10.6. The van der Waals surface area contributed by atoms with Crippen molar-refractivity contribution in [3.8, 4) is 17.5 Å². The minimum atomic E-state index is 0.523. The SMILES string of the molecule is CCN(CC)c1ccc(-c2nnc(SCCC#N)n2CC)cc1. The summed E-state index contributed by atoms with van der Waals surface area (Å²) in [5, 5.41) is 18.2. The van der Waals surface area contributed by atoms with Crippen LogP contribution in [0, 0.1) is 11.3 Å². The van der Waals surface area contributed by atoms with Crippen LogP contribution in [0.25, 0.3) is 11.4 Å². The van der Waals surface area contributed by atoms with Crippen LogP contribution < -0.4 is 4.90 Å². The van der Waals surface area contributed by atoms with E-state index in [0.29, 0.717) is 6.42 Å². The first-order valence-corrected chi connectivity index (χ1v) is 9.01. The van der Waals surface area contributed by atoms with E-state index in [4.69, 9.17) is 5.26 Å². The van der Waals surface area contributed by atoms with Crippen LogP contribution in [0.5, 0.6) is 0 Å². The van der Waals surface area contributed by atoms with Crippen molar-refractivity contribution in [1.82, 2.24) is 14.8 Å². The largest absolute Gasteiger partial charge is 0.372 e. The summed E-state index contributed by atoms with van der Waals surface area (Å²) in [7, 11) is 0. The van der Waals surface area contributed by atoms with Gasteiger partial charge in [-0.15, -0.1) is 10.2 Å². The van der Waals surface area contributed by atoms with Gasteiger partial charge in [0.1, 0.15) is 0 Å². The van der Waals surface area contributed by atoms with Crippen LogP contribution >= 0.6 is 11.8 Å². The van der Waals surface area contributed by atoms with Crippen molar-refractivity contribution in [3.05, 3.63) is 24.3 Å². The van der Waals surface area contributed by atoms with Crippen LogP contribution in [0.3, 0.4) is 0 Å². The number of hydrogen-bond acceptors (Lipinski definition) is 5. The minimum absolute atomic E-state index is 0.523. The predicted molar refractivity (Wildman–Crippen MR) is 95.6 cm³/mol. The maximum atomic E-state index is 8.66. The van der Waals surface area contributed by atoms with Crippen LogP contribution in [0.4, 0.5) is 5.69 Å². The highest BCUT2D eigenvalue weighted by atomic mass is 32.2. The lowest BCUT2D eigenvalue weighted by Gasteiger charge is -2.21. The van der Waals surface area contributed by atoms with Gasteiger partial charge in [0, 0.05) is 43.1 Å². The quantitative estimate of drug-likeness (QED) is 0.544. The Kier molecular flexibility index (Phi) is 6.48. The highest BCUT2D eigenvalue weighted by molar-refractivity contribution is 7.99. The van der Waals surface area contributed by atoms with Gasteiger partial charge in [-0.2, -0.15) is 5.26 Å². The number of aromatic nitrogens is 3. The normalized spacial score (nSPS) is 10.5. The molecule has 0 N–H and O–H groups in total. The molecular formula is C17H23N5S. The minimum Gasteiger partial charge on any atom is -0.372 e. The van der Waals surface area contributed by atoms with Gasteiger partial charge in [-0.25, -0.2) is 0 Å². The van der Waals surface area contributed by atoms with Gasteiger partial charge in [-0.1, -0.05) is 11.8 Å². The lowest BCUT2D eigenvalue weighted by Crippen LogP contribution is -2.21. The molecule has 0 aliphatic rings. The number of anilines is 1. The Hall–Kier alpha value is -2.00. The molecule has 0 fully saturated rings. The van der Waals surface area contributed by atoms with Gasteiger partial charge >= 0.3 is 0 Å². The van der Waals surface area contributed by atoms with Crippen molar-refractivity contribution >= 4 is 17.4 Å². The molecule has 1 aromatic heterocycles. The second-order valence-electron chi connectivity index (χ2n) is 5.03. The summed E-state index contributed by atoms with van der Waals surface area (Å²) in [6.45, 7) is 9.23. The topological polar surface area (TPSA) is 57.7 Å². The van der Waals surface area contributed by atoms with E-state index in [1.165, 1.54) is 5.69 Å². The van der Waals surface area contributed by atoms with Gasteiger partial charge in [-0.3, -0.25) is 0 Å². The summed E-state index contributed by atoms with van der Waals surface area (Å²) in [5.41, 5.74) is 2.30. The van der Waals surface area contributed by atoms with Crippen LogP contribution in [0.15, 0.2) is 29.4 Å². The maximum absolute atomic E-state index is 8.66. The highest BCUT2D eigenvalue weighted by Gasteiger charge is 2.13. The van der Waals surface area contributed by atoms with Crippen LogP contribution in [0.2, 0.25) is 0 Å². The fourth-order valence-electron chi connectivity index (χ4n) is 2.49. The zero-order chi connectivity index (χ0) is 16.7. The molecule has 1 heterocycles. The van der Waals surface area contributed by atoms with E-state index < -0.39 is 0 Å². The van der Waals surface area contributed by atoms with Crippen molar-refractivity contribution in [2.45, 2.75) is 38.9 Å². The van der Waals surface area contributed by atoms with E-state index >= 15 is 0 Å². The molecule has 0 aliphatic carbocycles. The summed E-state index contributed by atoms with van der Waals surface area (Å²) < 4.78 is 2.11. The fraction of sp³-hybridized carbons (Fsp3) is 0.471. The molecule has 0 radical (unpaired) electrons. The second-order valence-corrected chi connectivity index (χ2v) is 6.09. The predicted octanol–water partition coefficient (Wildman–Crippen LogP) is 3.82. The highest BCUT2D eigenvalue weighted by Crippen LogP contribution is 2.26. The summed E-state index contributed by atoms with van der Waals surface area (Å²) in [5.74, 6) is 1.63. The Morgan fingerprint density at radius 3 is 2.39 bits per heavy atom. The number of rotatable bonds is 8. The Labute approximate surface area is 142 Å². The van der Waals surface area contributed by atoms with Crippen molar-refractivity contribution in [2.24, 2.45) is 0 Å². The first-order chi connectivity index (χ1) is 11.2. The van der Waals surface area contributed by atoms with E-state index in [2.05, 4.69) is 70.8 Å². The van der Waals surface area contributed by atoms with Crippen LogP contribution in [-0.4, -0.2) is 33.6 Å². The van der Waals surface area contributed by atoms with Gasteiger partial charge in [-0.05, 0) is 45.0 Å². The van der Waals surface area contributed by atoms with Gasteiger partial charge in [0.2, 0.25) is 0 Å². The molecule has 0 unspecified atom stereocenters. The van der Waals surface area contributed by atoms with Crippen LogP contribution in [0.1, 0.15) is 27.2 Å². The van der Waals surface area contributed by atoms with E-state index in [1.54, 1.807) is 11.8 Å². The third-order valence-corrected chi connectivity index (χ3v) is 4.70. The van der Waals surface area contributed by atoms with Crippen LogP contribution in [-0.2, 0) is 6.54 Å². The molecule has 2 aromatic rings. The zero-order valence-electron chi connectivity index (χ0n) is 14.0. The Balaban J connectivity index is 2.23. The van der Waals surface area contributed by atoms with E-state index in [-0.39, 0.29) is 0 Å². The Bertz CT molecular complexity index is 653. The second kappa shape index (κ2) is 8.59.